The molecule has 2 aromatic rings. The normalized spacial score (nSPS) is 10.4. The number of benzene rings is 1. The summed E-state index contributed by atoms with van der Waals surface area (Å²) in [7, 11) is 0. The van der Waals surface area contributed by atoms with Crippen LogP contribution in [0.1, 0.15) is 37.8 Å². The molecule has 3 N–H and O–H groups in total. The van der Waals surface area contributed by atoms with E-state index in [1.54, 1.807) is 32.0 Å². The highest BCUT2D eigenvalue weighted by atomic mass is 16.5. The summed E-state index contributed by atoms with van der Waals surface area (Å²) in [5.41, 5.74) is 7.21. The minimum Gasteiger partial charge on any atom is -0.485 e. The molecule has 1 amide bonds. The monoisotopic (exact) mass is 289 g/mol. The molecule has 0 unspecified atom stereocenters. The molecule has 110 valence electrons. The first-order valence-electron chi connectivity index (χ1n) is 6.24. The number of aromatic carboxylic acids is 1. The first kappa shape index (κ1) is 14.6. The number of hydrogen-bond acceptors (Lipinski definition) is 4. The standard InChI is InChI=1S/C15H15NO5/c1-8-5-10(14(16)17)6-9(2)13(8)20-7-11-3-4-12(21-11)15(18)19/h3-6H,7H2,1-2H3,(H2,16,17)(H,18,19). The summed E-state index contributed by atoms with van der Waals surface area (Å²) in [5, 5.41) is 8.78. The summed E-state index contributed by atoms with van der Waals surface area (Å²) in [5.74, 6) is -0.728. The first-order valence-corrected chi connectivity index (χ1v) is 6.24. The van der Waals surface area contributed by atoms with Gasteiger partial charge in [-0.2, -0.15) is 0 Å². The van der Waals surface area contributed by atoms with E-state index in [0.717, 1.165) is 11.1 Å². The molecule has 0 saturated carbocycles. The Bertz CT molecular complexity index is 679. The van der Waals surface area contributed by atoms with Crippen LogP contribution in [0.2, 0.25) is 0 Å². The average Bonchev–Trinajstić information content (AvgIpc) is 2.86. The van der Waals surface area contributed by atoms with Gasteiger partial charge in [0, 0.05) is 5.56 Å². The van der Waals surface area contributed by atoms with E-state index in [9.17, 15) is 9.59 Å². The molecule has 1 aromatic carbocycles. The Morgan fingerprint density at radius 2 is 1.86 bits per heavy atom. The largest absolute Gasteiger partial charge is 0.485 e. The zero-order chi connectivity index (χ0) is 15.6. The Kier molecular flexibility index (Phi) is 3.98. The van der Waals surface area contributed by atoms with Crippen LogP contribution in [-0.4, -0.2) is 17.0 Å². The predicted octanol–water partition coefficient (Wildman–Crippen LogP) is 2.27. The molecule has 1 heterocycles. The summed E-state index contributed by atoms with van der Waals surface area (Å²) in [6, 6.07) is 6.22. The van der Waals surface area contributed by atoms with Crippen molar-refractivity contribution in [2.45, 2.75) is 20.5 Å². The van der Waals surface area contributed by atoms with Crippen molar-refractivity contribution in [1.82, 2.24) is 0 Å². The highest BCUT2D eigenvalue weighted by Gasteiger charge is 2.12. The minimum absolute atomic E-state index is 0.102. The lowest BCUT2D eigenvalue weighted by atomic mass is 10.1. The summed E-state index contributed by atoms with van der Waals surface area (Å²) in [6.07, 6.45) is 0. The number of hydrogen-bond donors (Lipinski definition) is 2. The van der Waals surface area contributed by atoms with Gasteiger partial charge in [0.25, 0.3) is 0 Å². The Hall–Kier alpha value is -2.76. The predicted molar refractivity (Wildman–Crippen MR) is 74.4 cm³/mol. The van der Waals surface area contributed by atoms with Crippen molar-refractivity contribution in [3.63, 3.8) is 0 Å². The number of furan rings is 1. The lowest BCUT2D eigenvalue weighted by Gasteiger charge is -2.12. The number of carbonyl (C=O) groups is 2. The molecule has 6 heteroatoms. The zero-order valence-corrected chi connectivity index (χ0v) is 11.7. The van der Waals surface area contributed by atoms with Gasteiger partial charge in [-0.1, -0.05) is 0 Å². The number of aryl methyl sites for hydroxylation is 2. The molecule has 0 atom stereocenters. The maximum absolute atomic E-state index is 11.2. The van der Waals surface area contributed by atoms with E-state index in [-0.39, 0.29) is 12.4 Å². The maximum Gasteiger partial charge on any atom is 0.371 e. The zero-order valence-electron chi connectivity index (χ0n) is 11.7. The number of ether oxygens (including phenoxy) is 1. The van der Waals surface area contributed by atoms with Gasteiger partial charge < -0.3 is 20.0 Å². The third kappa shape index (κ3) is 3.22. The maximum atomic E-state index is 11.2. The van der Waals surface area contributed by atoms with Gasteiger partial charge in [-0.3, -0.25) is 4.79 Å². The van der Waals surface area contributed by atoms with Gasteiger partial charge in [0.1, 0.15) is 18.1 Å². The molecule has 0 saturated heterocycles. The van der Waals surface area contributed by atoms with Crippen molar-refractivity contribution in [1.29, 1.82) is 0 Å². The molecule has 2 rings (SSSR count). The van der Waals surface area contributed by atoms with E-state index in [1.165, 1.54) is 6.07 Å². The van der Waals surface area contributed by atoms with Crippen LogP contribution >= 0.6 is 0 Å². The number of amides is 1. The lowest BCUT2D eigenvalue weighted by molar-refractivity contribution is 0.0658. The van der Waals surface area contributed by atoms with Crippen molar-refractivity contribution >= 4 is 11.9 Å². The molecule has 0 radical (unpaired) electrons. The molecule has 0 fully saturated rings. The summed E-state index contributed by atoms with van der Waals surface area (Å²) < 4.78 is 10.8. The van der Waals surface area contributed by atoms with E-state index in [2.05, 4.69) is 0 Å². The number of carbonyl (C=O) groups excluding carboxylic acids is 1. The van der Waals surface area contributed by atoms with E-state index in [0.29, 0.717) is 17.1 Å². The van der Waals surface area contributed by atoms with Crippen LogP contribution < -0.4 is 10.5 Å². The summed E-state index contributed by atoms with van der Waals surface area (Å²) >= 11 is 0. The number of carboxylic acid groups (broad SMARTS) is 1. The molecule has 1 aromatic heterocycles. The second-order valence-corrected chi connectivity index (χ2v) is 4.66. The highest BCUT2D eigenvalue weighted by molar-refractivity contribution is 5.93. The van der Waals surface area contributed by atoms with Crippen LogP contribution in [0.5, 0.6) is 5.75 Å². The fraction of sp³-hybridized carbons (Fsp3) is 0.200. The molecular weight excluding hydrogens is 274 g/mol. The van der Waals surface area contributed by atoms with Crippen molar-refractivity contribution in [2.24, 2.45) is 5.73 Å². The topological polar surface area (TPSA) is 103 Å². The summed E-state index contributed by atoms with van der Waals surface area (Å²) in [4.78, 5) is 21.9. The lowest BCUT2D eigenvalue weighted by Crippen LogP contribution is -2.12. The van der Waals surface area contributed by atoms with Crippen molar-refractivity contribution in [3.05, 3.63) is 52.5 Å². The van der Waals surface area contributed by atoms with E-state index < -0.39 is 11.9 Å². The second-order valence-electron chi connectivity index (χ2n) is 4.66. The van der Waals surface area contributed by atoms with E-state index in [1.807, 2.05) is 0 Å². The van der Waals surface area contributed by atoms with Crippen molar-refractivity contribution in [3.8, 4) is 5.75 Å². The molecule has 0 aliphatic heterocycles. The quantitative estimate of drug-likeness (QED) is 0.878. The Morgan fingerprint density at radius 1 is 1.24 bits per heavy atom. The summed E-state index contributed by atoms with van der Waals surface area (Å²) in [6.45, 7) is 3.71. The smallest absolute Gasteiger partial charge is 0.371 e. The number of nitrogens with two attached hydrogens (primary N) is 1. The van der Waals surface area contributed by atoms with E-state index in [4.69, 9.17) is 20.0 Å². The number of primary amides is 1. The SMILES string of the molecule is Cc1cc(C(N)=O)cc(C)c1OCc1ccc(C(=O)O)o1. The molecular formula is C15H15NO5. The van der Waals surface area contributed by atoms with Gasteiger partial charge >= 0.3 is 5.97 Å². The molecule has 0 bridgehead atoms. The second kappa shape index (κ2) is 5.70. The average molecular weight is 289 g/mol. The van der Waals surface area contributed by atoms with Crippen LogP contribution in [-0.2, 0) is 6.61 Å². The Morgan fingerprint density at radius 3 is 2.33 bits per heavy atom. The third-order valence-electron chi connectivity index (χ3n) is 2.98. The van der Waals surface area contributed by atoms with Crippen molar-refractivity contribution in [2.75, 3.05) is 0 Å². The van der Waals surface area contributed by atoms with Crippen molar-refractivity contribution < 1.29 is 23.8 Å². The Balaban J connectivity index is 2.16. The van der Waals surface area contributed by atoms with Gasteiger partial charge in [-0.25, -0.2) is 4.79 Å². The molecule has 6 nitrogen and oxygen atoms in total. The molecule has 21 heavy (non-hydrogen) atoms. The van der Waals surface area contributed by atoms with Crippen LogP contribution in [0.15, 0.2) is 28.7 Å². The number of carboxylic acids is 1. The van der Waals surface area contributed by atoms with Gasteiger partial charge in [0.2, 0.25) is 11.7 Å². The van der Waals surface area contributed by atoms with Gasteiger partial charge in [-0.05, 0) is 49.2 Å². The van der Waals surface area contributed by atoms with Gasteiger partial charge in [0.05, 0.1) is 0 Å². The van der Waals surface area contributed by atoms with Crippen LogP contribution in [0.3, 0.4) is 0 Å². The number of rotatable bonds is 5. The van der Waals surface area contributed by atoms with E-state index >= 15 is 0 Å². The Labute approximate surface area is 121 Å². The highest BCUT2D eigenvalue weighted by Crippen LogP contribution is 2.26. The molecule has 0 aliphatic carbocycles. The molecule has 0 spiro atoms. The fourth-order valence-electron chi connectivity index (χ4n) is 2.03. The fourth-order valence-corrected chi connectivity index (χ4v) is 2.03. The van der Waals surface area contributed by atoms with Crippen LogP contribution in [0.4, 0.5) is 0 Å². The van der Waals surface area contributed by atoms with Gasteiger partial charge in [0.15, 0.2) is 0 Å². The molecule has 0 aliphatic rings. The van der Waals surface area contributed by atoms with Crippen LogP contribution in [0.25, 0.3) is 0 Å². The first-order chi connectivity index (χ1) is 9.88. The van der Waals surface area contributed by atoms with Crippen LogP contribution in [0, 0.1) is 13.8 Å². The third-order valence-corrected chi connectivity index (χ3v) is 2.98. The minimum atomic E-state index is -1.13. The van der Waals surface area contributed by atoms with Gasteiger partial charge in [-0.15, -0.1) is 0 Å².